The summed E-state index contributed by atoms with van der Waals surface area (Å²) in [6.45, 7) is 5.32. The fourth-order valence-electron chi connectivity index (χ4n) is 3.79. The minimum Gasteiger partial charge on any atom is -0.399 e. The van der Waals surface area contributed by atoms with E-state index in [1.54, 1.807) is 0 Å². The maximum atomic E-state index is 12.3. The van der Waals surface area contributed by atoms with Crippen molar-refractivity contribution >= 4 is 28.4 Å². The van der Waals surface area contributed by atoms with Crippen LogP contribution in [0, 0.1) is 5.92 Å². The molecule has 0 aliphatic carbocycles. The summed E-state index contributed by atoms with van der Waals surface area (Å²) < 4.78 is 1.95. The zero-order valence-electron chi connectivity index (χ0n) is 16.2. The Bertz CT molecular complexity index is 1000. The first-order valence-electron chi connectivity index (χ1n) is 9.59. The number of nitrogens with two attached hydrogens (primary N) is 2. The zero-order chi connectivity index (χ0) is 19.8. The van der Waals surface area contributed by atoms with E-state index >= 15 is 0 Å². The molecular formula is C20H25N7O. The fourth-order valence-corrected chi connectivity index (χ4v) is 3.79. The molecule has 2 aromatic heterocycles. The number of nitrogens with zero attached hydrogens (tertiary/aromatic N) is 5. The van der Waals surface area contributed by atoms with Gasteiger partial charge >= 0.3 is 0 Å². The highest BCUT2D eigenvalue weighted by molar-refractivity contribution is 5.98. The van der Waals surface area contributed by atoms with Crippen LogP contribution in [0.15, 0.2) is 30.6 Å². The van der Waals surface area contributed by atoms with Crippen molar-refractivity contribution in [3.63, 3.8) is 0 Å². The van der Waals surface area contributed by atoms with Gasteiger partial charge in [-0.25, -0.2) is 14.6 Å². The lowest BCUT2D eigenvalue weighted by Gasteiger charge is -2.33. The molecule has 3 aromatic rings. The Kier molecular flexibility index (Phi) is 4.62. The van der Waals surface area contributed by atoms with Crippen LogP contribution in [0.3, 0.4) is 0 Å². The third kappa shape index (κ3) is 3.15. The van der Waals surface area contributed by atoms with Gasteiger partial charge in [0.1, 0.15) is 17.8 Å². The van der Waals surface area contributed by atoms with Gasteiger partial charge in [-0.05, 0) is 25.0 Å². The van der Waals surface area contributed by atoms with Gasteiger partial charge in [0.05, 0.1) is 11.4 Å². The second-order valence-electron chi connectivity index (χ2n) is 7.58. The fraction of sp³-hybridized carbons (Fsp3) is 0.400. The van der Waals surface area contributed by atoms with E-state index in [9.17, 15) is 4.79 Å². The van der Waals surface area contributed by atoms with Gasteiger partial charge < -0.3 is 16.4 Å². The van der Waals surface area contributed by atoms with Crippen molar-refractivity contribution < 1.29 is 4.79 Å². The molecule has 8 nitrogen and oxygen atoms in total. The topological polar surface area (TPSA) is 116 Å². The van der Waals surface area contributed by atoms with Crippen molar-refractivity contribution in [3.05, 3.63) is 30.6 Å². The number of benzene rings is 1. The summed E-state index contributed by atoms with van der Waals surface area (Å²) in [7, 11) is 0. The Morgan fingerprint density at radius 1 is 1.11 bits per heavy atom. The summed E-state index contributed by atoms with van der Waals surface area (Å²) in [4.78, 5) is 22.8. The number of hydrogen-bond acceptors (Lipinski definition) is 6. The molecule has 0 atom stereocenters. The summed E-state index contributed by atoms with van der Waals surface area (Å²) >= 11 is 0. The normalized spacial score (nSPS) is 15.5. The standard InChI is InChI=1S/C20H25N7O/c1-12(2)20(28)26-9-7-15(8-10-26)27-19-16(18(22)23-11-24-19)17(25-27)13-3-5-14(21)6-4-13/h3-6,11-12,15H,7-10,21H2,1-2H3,(H2,22,23,24). The molecule has 1 amide bonds. The maximum Gasteiger partial charge on any atom is 0.225 e. The molecule has 3 heterocycles. The van der Waals surface area contributed by atoms with E-state index in [0.29, 0.717) is 11.5 Å². The van der Waals surface area contributed by atoms with Gasteiger partial charge in [-0.1, -0.05) is 26.0 Å². The zero-order valence-corrected chi connectivity index (χ0v) is 16.2. The summed E-state index contributed by atoms with van der Waals surface area (Å²) in [6, 6.07) is 7.71. The first-order chi connectivity index (χ1) is 13.5. The number of likely N-dealkylation sites (tertiary alicyclic amines) is 1. The Balaban J connectivity index is 1.70. The molecule has 8 heteroatoms. The minimum absolute atomic E-state index is 0.0201. The number of hydrogen-bond donors (Lipinski definition) is 2. The summed E-state index contributed by atoms with van der Waals surface area (Å²) in [5, 5.41) is 5.63. The highest BCUT2D eigenvalue weighted by atomic mass is 16.2. The third-order valence-corrected chi connectivity index (χ3v) is 5.32. The Hall–Kier alpha value is -3.16. The number of nitrogen functional groups attached to an aromatic ring is 2. The predicted molar refractivity (Wildman–Crippen MR) is 109 cm³/mol. The third-order valence-electron chi connectivity index (χ3n) is 5.32. The number of aromatic nitrogens is 4. The van der Waals surface area contributed by atoms with Crippen LogP contribution < -0.4 is 11.5 Å². The number of carbonyl (C=O) groups excluding carboxylic acids is 1. The number of anilines is 2. The van der Waals surface area contributed by atoms with E-state index in [1.165, 1.54) is 6.33 Å². The van der Waals surface area contributed by atoms with Crippen molar-refractivity contribution in [1.82, 2.24) is 24.6 Å². The summed E-state index contributed by atoms with van der Waals surface area (Å²) in [5.41, 5.74) is 15.1. The molecule has 0 saturated carbocycles. The number of rotatable bonds is 3. The molecule has 1 saturated heterocycles. The lowest BCUT2D eigenvalue weighted by Crippen LogP contribution is -2.41. The molecule has 0 spiro atoms. The molecule has 1 aromatic carbocycles. The number of carbonyl (C=O) groups is 1. The largest absolute Gasteiger partial charge is 0.399 e. The molecule has 1 aliphatic rings. The minimum atomic E-state index is 0.0201. The van der Waals surface area contributed by atoms with Crippen molar-refractivity contribution in [2.75, 3.05) is 24.6 Å². The molecular weight excluding hydrogens is 354 g/mol. The Morgan fingerprint density at radius 2 is 1.79 bits per heavy atom. The van der Waals surface area contributed by atoms with Crippen LogP contribution in [0.25, 0.3) is 22.3 Å². The van der Waals surface area contributed by atoms with Crippen LogP contribution in [0.4, 0.5) is 11.5 Å². The molecule has 0 bridgehead atoms. The van der Waals surface area contributed by atoms with Gasteiger partial charge in [0.2, 0.25) is 5.91 Å². The summed E-state index contributed by atoms with van der Waals surface area (Å²) in [6.07, 6.45) is 3.14. The molecule has 1 fully saturated rings. The van der Waals surface area contributed by atoms with E-state index < -0.39 is 0 Å². The molecule has 4 rings (SSSR count). The molecule has 146 valence electrons. The first kappa shape index (κ1) is 18.2. The summed E-state index contributed by atoms with van der Waals surface area (Å²) in [5.74, 6) is 0.639. The first-order valence-corrected chi connectivity index (χ1v) is 9.59. The lowest BCUT2D eigenvalue weighted by molar-refractivity contribution is -0.135. The van der Waals surface area contributed by atoms with E-state index in [0.717, 1.165) is 48.2 Å². The number of amides is 1. The lowest BCUT2D eigenvalue weighted by atomic mass is 10.0. The van der Waals surface area contributed by atoms with Crippen molar-refractivity contribution in [2.45, 2.75) is 32.7 Å². The quantitative estimate of drug-likeness (QED) is 0.675. The van der Waals surface area contributed by atoms with E-state index in [4.69, 9.17) is 16.6 Å². The molecule has 0 unspecified atom stereocenters. The molecule has 1 aliphatic heterocycles. The van der Waals surface area contributed by atoms with Crippen molar-refractivity contribution in [1.29, 1.82) is 0 Å². The maximum absolute atomic E-state index is 12.3. The van der Waals surface area contributed by atoms with Crippen LogP contribution in [0.2, 0.25) is 0 Å². The van der Waals surface area contributed by atoms with Crippen LogP contribution >= 0.6 is 0 Å². The molecule has 4 N–H and O–H groups in total. The second-order valence-corrected chi connectivity index (χ2v) is 7.58. The van der Waals surface area contributed by atoms with Gasteiger partial charge in [-0.15, -0.1) is 0 Å². The smallest absolute Gasteiger partial charge is 0.225 e. The van der Waals surface area contributed by atoms with Crippen LogP contribution in [0.5, 0.6) is 0 Å². The van der Waals surface area contributed by atoms with Gasteiger partial charge in [0.25, 0.3) is 0 Å². The highest BCUT2D eigenvalue weighted by Gasteiger charge is 2.28. The number of fused-ring (bicyclic) bond motifs is 1. The van der Waals surface area contributed by atoms with E-state index in [2.05, 4.69) is 9.97 Å². The monoisotopic (exact) mass is 379 g/mol. The van der Waals surface area contributed by atoms with E-state index in [-0.39, 0.29) is 17.9 Å². The van der Waals surface area contributed by atoms with Crippen molar-refractivity contribution in [3.8, 4) is 11.3 Å². The number of piperidine rings is 1. The van der Waals surface area contributed by atoms with Crippen molar-refractivity contribution in [2.24, 2.45) is 5.92 Å². The van der Waals surface area contributed by atoms with Crippen LogP contribution in [0.1, 0.15) is 32.7 Å². The van der Waals surface area contributed by atoms with E-state index in [1.807, 2.05) is 47.7 Å². The van der Waals surface area contributed by atoms with Gasteiger partial charge in [-0.3, -0.25) is 4.79 Å². The van der Waals surface area contributed by atoms with Gasteiger partial charge in [0, 0.05) is 30.3 Å². The van der Waals surface area contributed by atoms with Crippen LogP contribution in [-0.2, 0) is 4.79 Å². The average Bonchev–Trinajstić information content (AvgIpc) is 3.09. The highest BCUT2D eigenvalue weighted by Crippen LogP contribution is 2.34. The average molecular weight is 379 g/mol. The molecule has 28 heavy (non-hydrogen) atoms. The Labute approximate surface area is 163 Å². The molecule has 0 radical (unpaired) electrons. The predicted octanol–water partition coefficient (Wildman–Crippen LogP) is 2.48. The Morgan fingerprint density at radius 3 is 2.43 bits per heavy atom. The second kappa shape index (κ2) is 7.10. The van der Waals surface area contributed by atoms with Crippen LogP contribution in [-0.4, -0.2) is 43.6 Å². The van der Waals surface area contributed by atoms with Gasteiger partial charge in [-0.2, -0.15) is 5.10 Å². The van der Waals surface area contributed by atoms with Gasteiger partial charge in [0.15, 0.2) is 5.65 Å². The SMILES string of the molecule is CC(C)C(=O)N1CCC(n2nc(-c3ccc(N)cc3)c3c(N)ncnc32)CC1.